The SMILES string of the molecule is CC1(c2ccc(Br)cc2)SCC(=O)N1C(N)=O. The van der Waals surface area contributed by atoms with Crippen molar-refractivity contribution in [2.45, 2.75) is 11.8 Å². The van der Waals surface area contributed by atoms with Crippen LogP contribution in [-0.4, -0.2) is 22.6 Å². The van der Waals surface area contributed by atoms with E-state index in [1.807, 2.05) is 31.2 Å². The molecule has 90 valence electrons. The van der Waals surface area contributed by atoms with Gasteiger partial charge in [-0.15, -0.1) is 11.8 Å². The van der Waals surface area contributed by atoms with Crippen LogP contribution in [-0.2, 0) is 9.67 Å². The fraction of sp³-hybridized carbons (Fsp3) is 0.273. The molecule has 1 aromatic rings. The maximum atomic E-state index is 11.7. The highest BCUT2D eigenvalue weighted by Gasteiger charge is 2.46. The van der Waals surface area contributed by atoms with Crippen LogP contribution in [0.15, 0.2) is 28.7 Å². The number of carbonyl (C=O) groups is 2. The van der Waals surface area contributed by atoms with E-state index >= 15 is 0 Å². The van der Waals surface area contributed by atoms with E-state index < -0.39 is 10.9 Å². The number of halogens is 1. The Morgan fingerprint density at radius 1 is 1.47 bits per heavy atom. The number of hydrogen-bond acceptors (Lipinski definition) is 3. The van der Waals surface area contributed by atoms with Crippen molar-refractivity contribution < 1.29 is 9.59 Å². The smallest absolute Gasteiger partial charge is 0.322 e. The summed E-state index contributed by atoms with van der Waals surface area (Å²) < 4.78 is 0.949. The average molecular weight is 315 g/mol. The van der Waals surface area contributed by atoms with E-state index in [9.17, 15) is 9.59 Å². The van der Waals surface area contributed by atoms with Gasteiger partial charge in [0.1, 0.15) is 4.87 Å². The van der Waals surface area contributed by atoms with Crippen LogP contribution in [0.3, 0.4) is 0 Å². The summed E-state index contributed by atoms with van der Waals surface area (Å²) in [5, 5.41) is 0. The summed E-state index contributed by atoms with van der Waals surface area (Å²) in [5.41, 5.74) is 6.16. The minimum Gasteiger partial charge on any atom is -0.351 e. The monoisotopic (exact) mass is 314 g/mol. The standard InChI is InChI=1S/C11H11BrN2O2S/c1-11(7-2-4-8(12)5-3-7)14(10(13)16)9(15)6-17-11/h2-5H,6H2,1H3,(H2,13,16). The van der Waals surface area contributed by atoms with Crippen LogP contribution in [0.2, 0.25) is 0 Å². The summed E-state index contributed by atoms with van der Waals surface area (Å²) in [6, 6.07) is 6.81. The number of carbonyl (C=O) groups excluding carboxylic acids is 2. The van der Waals surface area contributed by atoms with Crippen molar-refractivity contribution in [1.82, 2.24) is 4.90 Å². The molecule has 1 unspecified atom stereocenters. The first kappa shape index (κ1) is 12.4. The Bertz CT molecular complexity index is 477. The second-order valence-corrected chi connectivity index (χ2v) is 6.13. The van der Waals surface area contributed by atoms with Crippen LogP contribution in [0.25, 0.3) is 0 Å². The first-order valence-electron chi connectivity index (χ1n) is 4.97. The summed E-state index contributed by atoms with van der Waals surface area (Å²) in [6.45, 7) is 1.83. The van der Waals surface area contributed by atoms with Crippen molar-refractivity contribution >= 4 is 39.6 Å². The van der Waals surface area contributed by atoms with Crippen LogP contribution < -0.4 is 5.73 Å². The lowest BCUT2D eigenvalue weighted by Crippen LogP contribution is -2.47. The van der Waals surface area contributed by atoms with Gasteiger partial charge in [-0.2, -0.15) is 0 Å². The molecule has 4 nitrogen and oxygen atoms in total. The molecule has 3 amide bonds. The Hall–Kier alpha value is -1.01. The minimum absolute atomic E-state index is 0.243. The number of nitrogens with zero attached hydrogens (tertiary/aromatic N) is 1. The summed E-state index contributed by atoms with van der Waals surface area (Å²) in [7, 11) is 0. The Balaban J connectivity index is 2.44. The zero-order valence-corrected chi connectivity index (χ0v) is 11.5. The van der Waals surface area contributed by atoms with E-state index in [1.165, 1.54) is 11.8 Å². The zero-order valence-electron chi connectivity index (χ0n) is 9.14. The molecule has 0 saturated carbocycles. The highest BCUT2D eigenvalue weighted by molar-refractivity contribution is 9.10. The second-order valence-electron chi connectivity index (χ2n) is 3.85. The van der Waals surface area contributed by atoms with Crippen molar-refractivity contribution in [2.75, 3.05) is 5.75 Å². The third-order valence-electron chi connectivity index (χ3n) is 2.75. The number of thioether (sulfide) groups is 1. The van der Waals surface area contributed by atoms with Gasteiger partial charge in [-0.05, 0) is 24.6 Å². The normalized spacial score (nSPS) is 24.1. The number of primary amides is 1. The fourth-order valence-electron chi connectivity index (χ4n) is 1.87. The summed E-state index contributed by atoms with van der Waals surface area (Å²) in [4.78, 5) is 23.5. The maximum Gasteiger partial charge on any atom is 0.322 e. The van der Waals surface area contributed by atoms with Gasteiger partial charge < -0.3 is 5.73 Å². The van der Waals surface area contributed by atoms with Gasteiger partial charge in [0.2, 0.25) is 5.91 Å². The number of amides is 3. The molecule has 2 N–H and O–H groups in total. The van der Waals surface area contributed by atoms with Crippen molar-refractivity contribution in [3.63, 3.8) is 0 Å². The first-order valence-corrected chi connectivity index (χ1v) is 6.75. The van der Waals surface area contributed by atoms with Gasteiger partial charge in [-0.3, -0.25) is 4.79 Å². The molecular formula is C11H11BrN2O2S. The largest absolute Gasteiger partial charge is 0.351 e. The van der Waals surface area contributed by atoms with E-state index in [1.54, 1.807) is 0 Å². The van der Waals surface area contributed by atoms with Gasteiger partial charge in [-0.1, -0.05) is 28.1 Å². The molecule has 1 aliphatic rings. The van der Waals surface area contributed by atoms with Gasteiger partial charge in [0.05, 0.1) is 5.75 Å². The number of nitrogens with two attached hydrogens (primary N) is 1. The molecule has 1 aliphatic heterocycles. The highest BCUT2D eigenvalue weighted by atomic mass is 79.9. The highest BCUT2D eigenvalue weighted by Crippen LogP contribution is 2.44. The van der Waals surface area contributed by atoms with E-state index in [0.29, 0.717) is 0 Å². The number of urea groups is 1. The Labute approximate surface area is 112 Å². The molecule has 1 atom stereocenters. The summed E-state index contributed by atoms with van der Waals surface area (Å²) in [5.74, 6) is 0.0306. The van der Waals surface area contributed by atoms with E-state index in [-0.39, 0.29) is 11.7 Å². The predicted octanol–water partition coefficient (Wildman–Crippen LogP) is 2.28. The first-order chi connectivity index (χ1) is 7.95. The molecule has 1 saturated heterocycles. The Morgan fingerprint density at radius 3 is 2.59 bits per heavy atom. The van der Waals surface area contributed by atoms with Gasteiger partial charge in [0, 0.05) is 4.47 Å². The Morgan fingerprint density at radius 2 is 2.06 bits per heavy atom. The van der Waals surface area contributed by atoms with E-state index in [4.69, 9.17) is 5.73 Å². The molecule has 0 radical (unpaired) electrons. The van der Waals surface area contributed by atoms with Crippen LogP contribution in [0, 0.1) is 0 Å². The van der Waals surface area contributed by atoms with Crippen LogP contribution in [0.1, 0.15) is 12.5 Å². The van der Waals surface area contributed by atoms with E-state index in [0.717, 1.165) is 14.9 Å². The topological polar surface area (TPSA) is 63.4 Å². The summed E-state index contributed by atoms with van der Waals surface area (Å²) >= 11 is 4.76. The van der Waals surface area contributed by atoms with Crippen LogP contribution >= 0.6 is 27.7 Å². The van der Waals surface area contributed by atoms with Crippen molar-refractivity contribution in [1.29, 1.82) is 0 Å². The third kappa shape index (κ3) is 2.07. The van der Waals surface area contributed by atoms with Gasteiger partial charge in [-0.25, -0.2) is 9.69 Å². The lowest BCUT2D eigenvalue weighted by Gasteiger charge is -2.31. The van der Waals surface area contributed by atoms with Gasteiger partial charge >= 0.3 is 6.03 Å². The molecular weight excluding hydrogens is 304 g/mol. The molecule has 0 aliphatic carbocycles. The molecule has 0 bridgehead atoms. The third-order valence-corrected chi connectivity index (χ3v) is 4.65. The van der Waals surface area contributed by atoms with Crippen LogP contribution in [0.4, 0.5) is 4.79 Å². The van der Waals surface area contributed by atoms with Gasteiger partial charge in [0.15, 0.2) is 0 Å². The molecule has 1 aromatic carbocycles. The molecule has 1 heterocycles. The quantitative estimate of drug-likeness (QED) is 0.865. The fourth-order valence-corrected chi connectivity index (χ4v) is 3.30. The maximum absolute atomic E-state index is 11.7. The van der Waals surface area contributed by atoms with Crippen molar-refractivity contribution in [2.24, 2.45) is 5.73 Å². The zero-order chi connectivity index (χ0) is 12.6. The second kappa shape index (κ2) is 4.34. The molecule has 17 heavy (non-hydrogen) atoms. The molecule has 2 rings (SSSR count). The molecule has 1 fully saturated rings. The number of rotatable bonds is 1. The van der Waals surface area contributed by atoms with Crippen LogP contribution in [0.5, 0.6) is 0 Å². The van der Waals surface area contributed by atoms with Crippen molar-refractivity contribution in [3.05, 3.63) is 34.3 Å². The Kier molecular flexibility index (Phi) is 3.18. The lowest BCUT2D eigenvalue weighted by molar-refractivity contribution is -0.126. The predicted molar refractivity (Wildman–Crippen MR) is 70.4 cm³/mol. The van der Waals surface area contributed by atoms with Gasteiger partial charge in [0.25, 0.3) is 0 Å². The minimum atomic E-state index is -0.705. The number of benzene rings is 1. The molecule has 0 aromatic heterocycles. The van der Waals surface area contributed by atoms with Crippen molar-refractivity contribution in [3.8, 4) is 0 Å². The number of imide groups is 1. The average Bonchev–Trinajstić information content (AvgIpc) is 2.56. The number of hydrogen-bond donors (Lipinski definition) is 1. The lowest BCUT2D eigenvalue weighted by atomic mass is 10.1. The molecule has 0 spiro atoms. The summed E-state index contributed by atoms with van der Waals surface area (Å²) in [6.07, 6.45) is 0. The van der Waals surface area contributed by atoms with E-state index in [2.05, 4.69) is 15.9 Å². The molecule has 6 heteroatoms.